The van der Waals surface area contributed by atoms with Gasteiger partial charge in [0.25, 0.3) is 0 Å². The van der Waals surface area contributed by atoms with E-state index in [0.717, 1.165) is 18.1 Å². The standard InChI is InChI=1S/C26H21F5/c1-3-5-7-16-9-11-18(12-10-16)23(28)24(29)20-15-19-14-13-17(8-6-4-2)22(27)21(19)26(31)25(20)30/h3-4,9-15H,1-2,5-8H2. The maximum Gasteiger partial charge on any atom is 0.170 e. The minimum atomic E-state index is -1.64. The Morgan fingerprint density at radius 1 is 0.742 bits per heavy atom. The van der Waals surface area contributed by atoms with Crippen LogP contribution >= 0.6 is 0 Å². The van der Waals surface area contributed by atoms with Crippen molar-refractivity contribution in [1.29, 1.82) is 0 Å². The van der Waals surface area contributed by atoms with Gasteiger partial charge in [-0.2, -0.15) is 0 Å². The van der Waals surface area contributed by atoms with Gasteiger partial charge < -0.3 is 0 Å². The molecule has 0 aliphatic heterocycles. The van der Waals surface area contributed by atoms with Crippen molar-refractivity contribution in [3.63, 3.8) is 0 Å². The van der Waals surface area contributed by atoms with E-state index in [9.17, 15) is 22.0 Å². The van der Waals surface area contributed by atoms with E-state index in [2.05, 4.69) is 13.2 Å². The lowest BCUT2D eigenvalue weighted by Gasteiger charge is -2.11. The molecule has 3 aromatic carbocycles. The van der Waals surface area contributed by atoms with Crippen LogP contribution in [0.5, 0.6) is 0 Å². The lowest BCUT2D eigenvalue weighted by Crippen LogP contribution is -2.00. The molecule has 0 radical (unpaired) electrons. The summed E-state index contributed by atoms with van der Waals surface area (Å²) in [6.07, 6.45) is 5.48. The molecule has 0 aromatic heterocycles. The summed E-state index contributed by atoms with van der Waals surface area (Å²) >= 11 is 0. The van der Waals surface area contributed by atoms with E-state index in [1.807, 2.05) is 0 Å². The van der Waals surface area contributed by atoms with Gasteiger partial charge in [-0.15, -0.1) is 13.2 Å². The molecule has 5 heteroatoms. The van der Waals surface area contributed by atoms with Crippen molar-refractivity contribution in [2.75, 3.05) is 0 Å². The van der Waals surface area contributed by atoms with Crippen molar-refractivity contribution in [2.24, 2.45) is 0 Å². The van der Waals surface area contributed by atoms with Crippen LogP contribution in [0.25, 0.3) is 22.4 Å². The molecule has 3 aromatic rings. The highest BCUT2D eigenvalue weighted by Crippen LogP contribution is 2.35. The maximum absolute atomic E-state index is 14.8. The minimum absolute atomic E-state index is 0.0588. The number of hydrogen-bond donors (Lipinski definition) is 0. The molecule has 0 spiro atoms. The Morgan fingerprint density at radius 3 is 2.03 bits per heavy atom. The highest BCUT2D eigenvalue weighted by molar-refractivity contribution is 5.91. The van der Waals surface area contributed by atoms with E-state index in [1.54, 1.807) is 24.3 Å². The summed E-state index contributed by atoms with van der Waals surface area (Å²) in [5.74, 6) is -6.97. The van der Waals surface area contributed by atoms with Crippen LogP contribution in [0, 0.1) is 17.5 Å². The monoisotopic (exact) mass is 428 g/mol. The first kappa shape index (κ1) is 22.5. The first-order valence-corrected chi connectivity index (χ1v) is 9.84. The summed E-state index contributed by atoms with van der Waals surface area (Å²) < 4.78 is 73.5. The van der Waals surface area contributed by atoms with Gasteiger partial charge in [0.05, 0.1) is 10.9 Å². The van der Waals surface area contributed by atoms with E-state index < -0.39 is 40.1 Å². The van der Waals surface area contributed by atoms with Gasteiger partial charge in [0.1, 0.15) is 5.82 Å². The molecule has 0 nitrogen and oxygen atoms in total. The lowest BCUT2D eigenvalue weighted by molar-refractivity contribution is 0.505. The summed E-state index contributed by atoms with van der Waals surface area (Å²) in [5.41, 5.74) is 0.0990. The van der Waals surface area contributed by atoms with Crippen LogP contribution in [0.4, 0.5) is 22.0 Å². The molecular formula is C26H21F5. The second-order valence-electron chi connectivity index (χ2n) is 7.17. The Balaban J connectivity index is 2.05. The maximum atomic E-state index is 14.8. The first-order chi connectivity index (χ1) is 14.9. The van der Waals surface area contributed by atoms with Crippen molar-refractivity contribution in [2.45, 2.75) is 25.7 Å². The van der Waals surface area contributed by atoms with Crippen LogP contribution in [0.15, 0.2) is 67.8 Å². The van der Waals surface area contributed by atoms with Gasteiger partial charge in [0.15, 0.2) is 23.3 Å². The largest absolute Gasteiger partial charge is 0.206 e. The number of benzene rings is 3. The average Bonchev–Trinajstić information content (AvgIpc) is 2.78. The predicted octanol–water partition coefficient (Wildman–Crippen LogP) is 8.26. The molecule has 0 aliphatic rings. The number of allylic oxidation sites excluding steroid dienone is 2. The van der Waals surface area contributed by atoms with E-state index in [4.69, 9.17) is 0 Å². The summed E-state index contributed by atoms with van der Waals surface area (Å²) in [6.45, 7) is 7.17. The zero-order chi connectivity index (χ0) is 22.5. The van der Waals surface area contributed by atoms with Crippen molar-refractivity contribution < 1.29 is 22.0 Å². The number of rotatable bonds is 8. The minimum Gasteiger partial charge on any atom is -0.206 e. The SMILES string of the molecule is C=CCCc1ccc(C(F)=C(F)c2cc3ccc(CCC=C)c(F)c3c(F)c2F)cc1. The van der Waals surface area contributed by atoms with Gasteiger partial charge in [-0.05, 0) is 48.3 Å². The van der Waals surface area contributed by atoms with Crippen molar-refractivity contribution >= 4 is 22.4 Å². The summed E-state index contributed by atoms with van der Waals surface area (Å²) in [5, 5.41) is -0.640. The lowest BCUT2D eigenvalue weighted by atomic mass is 9.98. The van der Waals surface area contributed by atoms with Gasteiger partial charge in [-0.1, -0.05) is 48.6 Å². The summed E-state index contributed by atoms with van der Waals surface area (Å²) in [4.78, 5) is 0. The molecule has 0 saturated carbocycles. The molecular weight excluding hydrogens is 407 g/mol. The topological polar surface area (TPSA) is 0 Å². The fourth-order valence-corrected chi connectivity index (χ4v) is 3.37. The second kappa shape index (κ2) is 9.73. The highest BCUT2D eigenvalue weighted by atomic mass is 19.2. The van der Waals surface area contributed by atoms with Gasteiger partial charge in [-0.25, -0.2) is 22.0 Å². The molecule has 3 rings (SSSR count). The number of aryl methyl sites for hydroxylation is 2. The molecule has 0 atom stereocenters. The molecule has 31 heavy (non-hydrogen) atoms. The molecule has 0 N–H and O–H groups in total. The third-order valence-electron chi connectivity index (χ3n) is 5.09. The number of fused-ring (bicyclic) bond motifs is 1. The Kier molecular flexibility index (Phi) is 7.06. The fourth-order valence-electron chi connectivity index (χ4n) is 3.37. The Bertz CT molecular complexity index is 1160. The van der Waals surface area contributed by atoms with Crippen molar-refractivity contribution in [3.8, 4) is 0 Å². The zero-order valence-electron chi connectivity index (χ0n) is 16.8. The van der Waals surface area contributed by atoms with Crippen molar-refractivity contribution in [3.05, 3.63) is 107 Å². The van der Waals surface area contributed by atoms with E-state index in [1.165, 1.54) is 24.3 Å². The van der Waals surface area contributed by atoms with Gasteiger partial charge in [-0.3, -0.25) is 0 Å². The molecule has 0 heterocycles. The van der Waals surface area contributed by atoms with Gasteiger partial charge in [0.2, 0.25) is 0 Å². The summed E-state index contributed by atoms with van der Waals surface area (Å²) in [6, 6.07) is 9.70. The average molecular weight is 428 g/mol. The number of halogens is 5. The number of hydrogen-bond acceptors (Lipinski definition) is 0. The summed E-state index contributed by atoms with van der Waals surface area (Å²) in [7, 11) is 0. The molecule has 0 amide bonds. The van der Waals surface area contributed by atoms with E-state index in [0.29, 0.717) is 12.8 Å². The zero-order valence-corrected chi connectivity index (χ0v) is 16.8. The molecule has 0 fully saturated rings. The van der Waals surface area contributed by atoms with Crippen LogP contribution < -0.4 is 0 Å². The van der Waals surface area contributed by atoms with Crippen LogP contribution in [0.2, 0.25) is 0 Å². The third kappa shape index (κ3) is 4.61. The van der Waals surface area contributed by atoms with Crippen molar-refractivity contribution in [1.82, 2.24) is 0 Å². The quantitative estimate of drug-likeness (QED) is 0.192. The Hall–Kier alpha value is -3.21. The Morgan fingerprint density at radius 2 is 1.39 bits per heavy atom. The normalized spacial score (nSPS) is 12.0. The van der Waals surface area contributed by atoms with E-state index >= 15 is 0 Å². The van der Waals surface area contributed by atoms with E-state index in [-0.39, 0.29) is 22.9 Å². The highest BCUT2D eigenvalue weighted by Gasteiger charge is 2.23. The van der Waals surface area contributed by atoms with Crippen LogP contribution in [0.1, 0.15) is 35.1 Å². The van der Waals surface area contributed by atoms with Gasteiger partial charge >= 0.3 is 0 Å². The van der Waals surface area contributed by atoms with Crippen LogP contribution in [-0.4, -0.2) is 0 Å². The predicted molar refractivity (Wildman–Crippen MR) is 116 cm³/mol. The molecule has 0 bridgehead atoms. The second-order valence-corrected chi connectivity index (χ2v) is 7.17. The Labute approximate surface area is 178 Å². The smallest absolute Gasteiger partial charge is 0.170 e. The molecule has 0 unspecified atom stereocenters. The molecule has 0 saturated heterocycles. The van der Waals surface area contributed by atoms with Crippen LogP contribution in [0.3, 0.4) is 0 Å². The molecule has 0 aliphatic carbocycles. The third-order valence-corrected chi connectivity index (χ3v) is 5.09. The fraction of sp³-hybridized carbons (Fsp3) is 0.154. The van der Waals surface area contributed by atoms with Gasteiger partial charge in [0, 0.05) is 5.56 Å². The first-order valence-electron chi connectivity index (χ1n) is 9.84. The molecule has 160 valence electrons. The van der Waals surface area contributed by atoms with Crippen LogP contribution in [-0.2, 0) is 12.8 Å².